The maximum atomic E-state index is 12.4. The fourth-order valence-electron chi connectivity index (χ4n) is 3.05. The quantitative estimate of drug-likeness (QED) is 0.215. The standard InChI is InChI=1S/C24H25NO4S2/c1-4-7-17-10-11-20(21(15-17)27-3)29-13-12-28-19-9-6-8-18(14-19)16-22-23(26)25(5-2)24(30)31-22/h4,6,8-11,14-16H,1,5,7,12-13H2,2-3H3. The average molecular weight is 456 g/mol. The Balaban J connectivity index is 1.57. The van der Waals surface area contributed by atoms with E-state index in [0.29, 0.717) is 46.2 Å². The molecule has 0 aromatic heterocycles. The highest BCUT2D eigenvalue weighted by Crippen LogP contribution is 2.32. The van der Waals surface area contributed by atoms with Gasteiger partial charge < -0.3 is 14.2 Å². The number of carbonyl (C=O) groups excluding carboxylic acids is 1. The van der Waals surface area contributed by atoms with Gasteiger partial charge >= 0.3 is 0 Å². The summed E-state index contributed by atoms with van der Waals surface area (Å²) in [7, 11) is 1.62. The van der Waals surface area contributed by atoms with Crippen LogP contribution in [0, 0.1) is 0 Å². The number of hydrogen-bond donors (Lipinski definition) is 0. The number of thiocarbonyl (C=S) groups is 1. The Hall–Kier alpha value is -2.77. The van der Waals surface area contributed by atoms with Crippen molar-refractivity contribution in [2.45, 2.75) is 13.3 Å². The van der Waals surface area contributed by atoms with Crippen molar-refractivity contribution in [2.75, 3.05) is 26.9 Å². The molecule has 31 heavy (non-hydrogen) atoms. The largest absolute Gasteiger partial charge is 0.493 e. The van der Waals surface area contributed by atoms with Crippen molar-refractivity contribution in [1.82, 2.24) is 4.90 Å². The predicted molar refractivity (Wildman–Crippen MR) is 130 cm³/mol. The summed E-state index contributed by atoms with van der Waals surface area (Å²) in [5, 5.41) is 0. The Morgan fingerprint density at radius 1 is 1.13 bits per heavy atom. The summed E-state index contributed by atoms with van der Waals surface area (Å²) in [6.07, 6.45) is 4.47. The van der Waals surface area contributed by atoms with Gasteiger partial charge in [-0.05, 0) is 54.8 Å². The van der Waals surface area contributed by atoms with Crippen LogP contribution in [0.2, 0.25) is 0 Å². The van der Waals surface area contributed by atoms with Gasteiger partial charge in [0.25, 0.3) is 5.91 Å². The monoisotopic (exact) mass is 455 g/mol. The van der Waals surface area contributed by atoms with Crippen molar-refractivity contribution < 1.29 is 19.0 Å². The van der Waals surface area contributed by atoms with Crippen molar-refractivity contribution in [2.24, 2.45) is 0 Å². The summed E-state index contributed by atoms with van der Waals surface area (Å²) < 4.78 is 17.6. The molecule has 0 aliphatic carbocycles. The Morgan fingerprint density at radius 3 is 2.65 bits per heavy atom. The highest BCUT2D eigenvalue weighted by molar-refractivity contribution is 8.26. The minimum Gasteiger partial charge on any atom is -0.493 e. The molecule has 1 aliphatic heterocycles. The Morgan fingerprint density at radius 2 is 1.94 bits per heavy atom. The number of ether oxygens (including phenoxy) is 3. The first-order valence-corrected chi connectivity index (χ1v) is 11.2. The molecule has 3 rings (SSSR count). The molecule has 2 aromatic carbocycles. The topological polar surface area (TPSA) is 48.0 Å². The lowest BCUT2D eigenvalue weighted by molar-refractivity contribution is -0.121. The zero-order valence-corrected chi connectivity index (χ0v) is 19.3. The highest BCUT2D eigenvalue weighted by Gasteiger charge is 2.30. The molecule has 7 heteroatoms. The lowest BCUT2D eigenvalue weighted by Crippen LogP contribution is -2.27. The van der Waals surface area contributed by atoms with Gasteiger partial charge in [-0.25, -0.2) is 0 Å². The lowest BCUT2D eigenvalue weighted by Gasteiger charge is -2.12. The Labute approximate surface area is 192 Å². The summed E-state index contributed by atoms with van der Waals surface area (Å²) in [5.74, 6) is 2.01. The lowest BCUT2D eigenvalue weighted by atomic mass is 10.1. The molecule has 1 heterocycles. The third kappa shape index (κ3) is 5.89. The second-order valence-electron chi connectivity index (χ2n) is 6.67. The molecule has 0 unspecified atom stereocenters. The molecule has 1 saturated heterocycles. The minimum atomic E-state index is -0.0507. The number of methoxy groups -OCH3 is 1. The summed E-state index contributed by atoms with van der Waals surface area (Å²) in [6, 6.07) is 13.4. The van der Waals surface area contributed by atoms with Gasteiger partial charge in [-0.2, -0.15) is 0 Å². The van der Waals surface area contributed by atoms with Gasteiger partial charge in [0.15, 0.2) is 11.5 Å². The molecule has 162 valence electrons. The van der Waals surface area contributed by atoms with Crippen LogP contribution in [0.1, 0.15) is 18.1 Å². The third-order valence-corrected chi connectivity index (χ3v) is 5.94. The highest BCUT2D eigenvalue weighted by atomic mass is 32.2. The van der Waals surface area contributed by atoms with E-state index in [2.05, 4.69) is 6.58 Å². The van der Waals surface area contributed by atoms with Crippen LogP contribution >= 0.6 is 24.0 Å². The van der Waals surface area contributed by atoms with E-state index in [9.17, 15) is 4.79 Å². The maximum absolute atomic E-state index is 12.4. The SMILES string of the molecule is C=CCc1ccc(OCCOc2cccc(C=C3SC(=S)N(CC)C3=O)c2)c(OC)c1. The first-order chi connectivity index (χ1) is 15.0. The molecule has 0 atom stereocenters. The summed E-state index contributed by atoms with van der Waals surface area (Å²) in [6.45, 7) is 6.99. The number of allylic oxidation sites excluding steroid dienone is 1. The van der Waals surface area contributed by atoms with Crippen LogP contribution in [0.4, 0.5) is 0 Å². The number of thioether (sulfide) groups is 1. The molecule has 0 saturated carbocycles. The molecule has 1 fully saturated rings. The molecule has 2 aromatic rings. The zero-order chi connectivity index (χ0) is 22.2. The van der Waals surface area contributed by atoms with Crippen LogP contribution < -0.4 is 14.2 Å². The number of rotatable bonds is 10. The van der Waals surface area contributed by atoms with Gasteiger partial charge in [-0.15, -0.1) is 6.58 Å². The van der Waals surface area contributed by atoms with E-state index in [4.69, 9.17) is 26.4 Å². The zero-order valence-electron chi connectivity index (χ0n) is 17.6. The Bertz CT molecular complexity index is 1000. The van der Waals surface area contributed by atoms with Crippen LogP contribution in [0.15, 0.2) is 60.0 Å². The fraction of sp³-hybridized carbons (Fsp3) is 0.250. The molecular formula is C24H25NO4S2. The van der Waals surface area contributed by atoms with E-state index in [1.165, 1.54) is 11.8 Å². The molecule has 1 aliphatic rings. The van der Waals surface area contributed by atoms with Gasteiger partial charge in [0.2, 0.25) is 0 Å². The second-order valence-corrected chi connectivity index (χ2v) is 8.35. The van der Waals surface area contributed by atoms with Gasteiger partial charge in [0.1, 0.15) is 23.3 Å². The second kappa shape index (κ2) is 11.0. The van der Waals surface area contributed by atoms with Crippen LogP contribution in [0.25, 0.3) is 6.08 Å². The van der Waals surface area contributed by atoms with Crippen molar-refractivity contribution in [3.8, 4) is 17.2 Å². The van der Waals surface area contributed by atoms with E-state index >= 15 is 0 Å². The number of likely N-dealkylation sites (N-methyl/N-ethyl adjacent to an activating group) is 1. The third-order valence-electron chi connectivity index (χ3n) is 4.56. The van der Waals surface area contributed by atoms with Crippen molar-refractivity contribution >= 4 is 40.3 Å². The van der Waals surface area contributed by atoms with E-state index < -0.39 is 0 Å². The van der Waals surface area contributed by atoms with Gasteiger partial charge in [0, 0.05) is 6.54 Å². The molecule has 0 spiro atoms. The molecule has 1 amide bonds. The average Bonchev–Trinajstić information content (AvgIpc) is 3.04. The van der Waals surface area contributed by atoms with Crippen LogP contribution in [0.3, 0.4) is 0 Å². The summed E-state index contributed by atoms with van der Waals surface area (Å²) in [5.41, 5.74) is 2.00. The first-order valence-electron chi connectivity index (χ1n) is 9.94. The number of amides is 1. The predicted octanol–water partition coefficient (Wildman–Crippen LogP) is 5.10. The normalized spacial score (nSPS) is 14.8. The van der Waals surface area contributed by atoms with Crippen molar-refractivity contribution in [3.05, 3.63) is 71.2 Å². The number of nitrogens with zero attached hydrogens (tertiary/aromatic N) is 1. The van der Waals surface area contributed by atoms with Crippen molar-refractivity contribution in [3.63, 3.8) is 0 Å². The van der Waals surface area contributed by atoms with E-state index in [1.807, 2.05) is 61.5 Å². The van der Waals surface area contributed by atoms with E-state index in [-0.39, 0.29) is 5.91 Å². The maximum Gasteiger partial charge on any atom is 0.266 e. The number of hydrogen-bond acceptors (Lipinski definition) is 6. The molecule has 0 N–H and O–H groups in total. The van der Waals surface area contributed by atoms with Crippen molar-refractivity contribution in [1.29, 1.82) is 0 Å². The molecule has 5 nitrogen and oxygen atoms in total. The fourth-order valence-corrected chi connectivity index (χ4v) is 4.44. The summed E-state index contributed by atoms with van der Waals surface area (Å²) >= 11 is 6.58. The summed E-state index contributed by atoms with van der Waals surface area (Å²) in [4.78, 5) is 14.6. The van der Waals surface area contributed by atoms with Crippen LogP contribution in [-0.4, -0.2) is 42.0 Å². The number of carbonyl (C=O) groups is 1. The van der Waals surface area contributed by atoms with Crippen LogP contribution in [0.5, 0.6) is 17.2 Å². The minimum absolute atomic E-state index is 0.0507. The first kappa shape index (κ1) is 22.9. The van der Waals surface area contributed by atoms with Gasteiger partial charge in [-0.3, -0.25) is 9.69 Å². The molecular weight excluding hydrogens is 430 g/mol. The number of benzene rings is 2. The molecule has 0 bridgehead atoms. The van der Waals surface area contributed by atoms with E-state index in [0.717, 1.165) is 17.5 Å². The van der Waals surface area contributed by atoms with Crippen LogP contribution in [-0.2, 0) is 11.2 Å². The van der Waals surface area contributed by atoms with Gasteiger partial charge in [0.05, 0.1) is 12.0 Å². The Kier molecular flexibility index (Phi) is 8.14. The molecule has 0 radical (unpaired) electrons. The van der Waals surface area contributed by atoms with E-state index in [1.54, 1.807) is 12.0 Å². The smallest absolute Gasteiger partial charge is 0.266 e. The van der Waals surface area contributed by atoms with Gasteiger partial charge in [-0.1, -0.05) is 48.3 Å².